The molecule has 0 atom stereocenters. The third-order valence-corrected chi connectivity index (χ3v) is 6.75. The summed E-state index contributed by atoms with van der Waals surface area (Å²) in [5.41, 5.74) is 0.888. The van der Waals surface area contributed by atoms with Crippen LogP contribution in [0, 0.1) is 35.8 Å². The van der Waals surface area contributed by atoms with Gasteiger partial charge < -0.3 is 14.4 Å². The summed E-state index contributed by atoms with van der Waals surface area (Å²) in [6.45, 7) is 2.28. The summed E-state index contributed by atoms with van der Waals surface area (Å²) in [6.07, 6.45) is -3.81. The number of hydrogen-bond acceptors (Lipinski definition) is 6. The Labute approximate surface area is 201 Å². The number of piperidine rings is 1. The molecule has 2 aliphatic heterocycles. The van der Waals surface area contributed by atoms with Gasteiger partial charge >= 0.3 is 6.18 Å². The molecule has 0 spiro atoms. The number of halogens is 5. The quantitative estimate of drug-likeness (QED) is 0.495. The van der Waals surface area contributed by atoms with Gasteiger partial charge in [-0.25, -0.2) is 13.8 Å². The first-order chi connectivity index (χ1) is 17.1. The second-order valence-electron chi connectivity index (χ2n) is 8.93. The normalized spacial score (nSPS) is 16.8. The van der Waals surface area contributed by atoms with Crippen LogP contribution in [0.5, 0.6) is 0 Å². The average Bonchev–Trinajstić information content (AvgIpc) is 3.27. The van der Waals surface area contributed by atoms with Crippen molar-refractivity contribution in [1.82, 2.24) is 24.6 Å². The molecule has 4 heterocycles. The molecule has 0 aliphatic carbocycles. The molecule has 5 rings (SSSR count). The maximum absolute atomic E-state index is 14.4. The van der Waals surface area contributed by atoms with Crippen LogP contribution in [0.1, 0.15) is 35.7 Å². The van der Waals surface area contributed by atoms with Crippen LogP contribution in [0.4, 0.5) is 27.6 Å². The number of carbonyl (C=O) groups excluding carboxylic acids is 1. The van der Waals surface area contributed by atoms with Crippen molar-refractivity contribution < 1.29 is 26.7 Å². The zero-order valence-corrected chi connectivity index (χ0v) is 19.1. The highest BCUT2D eigenvalue weighted by Crippen LogP contribution is 2.36. The molecule has 188 valence electrons. The molecule has 2 aromatic heterocycles. The molecule has 2 aliphatic rings. The Morgan fingerprint density at radius 2 is 1.83 bits per heavy atom. The molecule has 36 heavy (non-hydrogen) atoms. The van der Waals surface area contributed by atoms with Gasteiger partial charge in [-0.05, 0) is 25.8 Å². The Hall–Kier alpha value is -3.82. The summed E-state index contributed by atoms with van der Waals surface area (Å²) in [5, 5.41) is 16.8. The van der Waals surface area contributed by atoms with Gasteiger partial charge in [0.1, 0.15) is 17.4 Å². The Bertz CT molecular complexity index is 1400. The van der Waals surface area contributed by atoms with Crippen LogP contribution in [0.2, 0.25) is 0 Å². The maximum atomic E-state index is 14.4. The minimum atomic E-state index is -4.62. The van der Waals surface area contributed by atoms with E-state index in [1.54, 1.807) is 6.92 Å². The monoisotopic (exact) mass is 505 g/mol. The number of aryl methyl sites for hydroxylation is 1. The molecule has 1 fully saturated rings. The topological polar surface area (TPSA) is 90.9 Å². The van der Waals surface area contributed by atoms with Gasteiger partial charge in [0.2, 0.25) is 11.7 Å². The summed E-state index contributed by atoms with van der Waals surface area (Å²) in [7, 11) is 0. The number of hydrogen-bond donors (Lipinski definition) is 0. The zero-order valence-electron chi connectivity index (χ0n) is 19.1. The number of amides is 1. The lowest BCUT2D eigenvalue weighted by Crippen LogP contribution is -2.45. The number of alkyl halides is 3. The van der Waals surface area contributed by atoms with Gasteiger partial charge in [0.05, 0.1) is 23.5 Å². The third-order valence-electron chi connectivity index (χ3n) is 6.75. The first-order valence-electron chi connectivity index (χ1n) is 11.3. The van der Waals surface area contributed by atoms with Gasteiger partial charge in [0.15, 0.2) is 11.6 Å². The van der Waals surface area contributed by atoms with Crippen LogP contribution in [0.25, 0.3) is 10.9 Å². The lowest BCUT2D eigenvalue weighted by Gasteiger charge is -2.37. The summed E-state index contributed by atoms with van der Waals surface area (Å²) in [6, 6.07) is 3.97. The lowest BCUT2D eigenvalue weighted by molar-refractivity contribution is -0.148. The number of pyridine rings is 1. The van der Waals surface area contributed by atoms with E-state index in [0.717, 1.165) is 16.7 Å². The second kappa shape index (κ2) is 8.69. The maximum Gasteiger partial charge on any atom is 0.451 e. The van der Waals surface area contributed by atoms with E-state index in [2.05, 4.69) is 21.3 Å². The van der Waals surface area contributed by atoms with Crippen LogP contribution in [0.15, 0.2) is 12.1 Å². The number of fused-ring (bicyclic) bond motifs is 2. The zero-order chi connectivity index (χ0) is 25.8. The van der Waals surface area contributed by atoms with Gasteiger partial charge in [-0.1, -0.05) is 0 Å². The number of nitriles is 1. The summed E-state index contributed by atoms with van der Waals surface area (Å²) in [4.78, 5) is 20.6. The number of benzene rings is 1. The molecule has 3 aromatic rings. The fraction of sp³-hybridized carbons (Fsp3) is 0.435. The molecule has 8 nitrogen and oxygen atoms in total. The van der Waals surface area contributed by atoms with Gasteiger partial charge in [0.25, 0.3) is 0 Å². The summed E-state index contributed by atoms with van der Waals surface area (Å²) in [5.74, 6) is -3.17. The van der Waals surface area contributed by atoms with Crippen molar-refractivity contribution in [2.45, 2.75) is 39.0 Å². The Morgan fingerprint density at radius 1 is 1.11 bits per heavy atom. The van der Waals surface area contributed by atoms with Crippen molar-refractivity contribution in [3.63, 3.8) is 0 Å². The van der Waals surface area contributed by atoms with Gasteiger partial charge in [-0.2, -0.15) is 18.4 Å². The van der Waals surface area contributed by atoms with Gasteiger partial charge in [-0.3, -0.25) is 4.79 Å². The molecular formula is C23H20F5N7O. The summed E-state index contributed by atoms with van der Waals surface area (Å²) >= 11 is 0. The smallest absolute Gasteiger partial charge is 0.370 e. The molecule has 1 aromatic carbocycles. The average molecular weight is 505 g/mol. The van der Waals surface area contributed by atoms with E-state index < -0.39 is 23.6 Å². The van der Waals surface area contributed by atoms with Crippen LogP contribution in [0.3, 0.4) is 0 Å². The van der Waals surface area contributed by atoms with Crippen LogP contribution in [-0.2, 0) is 24.1 Å². The minimum absolute atomic E-state index is 0.0308. The number of carbonyl (C=O) groups is 1. The van der Waals surface area contributed by atoms with Crippen molar-refractivity contribution in [2.24, 2.45) is 5.92 Å². The lowest BCUT2D eigenvalue weighted by atomic mass is 9.93. The number of nitrogens with zero attached hydrogens (tertiary/aromatic N) is 7. The number of anilines is 1. The van der Waals surface area contributed by atoms with Crippen LogP contribution in [-0.4, -0.2) is 50.2 Å². The van der Waals surface area contributed by atoms with Crippen molar-refractivity contribution in [1.29, 1.82) is 5.26 Å². The number of rotatable bonds is 2. The molecule has 0 radical (unpaired) electrons. The van der Waals surface area contributed by atoms with E-state index in [-0.39, 0.29) is 53.8 Å². The van der Waals surface area contributed by atoms with E-state index in [1.807, 2.05) is 4.90 Å². The minimum Gasteiger partial charge on any atom is -0.370 e. The van der Waals surface area contributed by atoms with E-state index >= 15 is 0 Å². The van der Waals surface area contributed by atoms with Crippen molar-refractivity contribution in [3.8, 4) is 6.07 Å². The predicted octanol–water partition coefficient (Wildman–Crippen LogP) is 3.56. The van der Waals surface area contributed by atoms with Crippen LogP contribution < -0.4 is 4.90 Å². The Balaban J connectivity index is 1.34. The Kier molecular flexibility index (Phi) is 5.77. The standard InChI is InChI=1S/C23H20F5N7O/c1-12-16(10-29)20(15-8-14(24)9-17(25)19(15)30-12)33-4-2-13(3-5-33)21(36)34-6-7-35-18(11-34)31-32-22(35)23(26,27)28/h8-9,13H,2-7,11H2,1H3. The molecule has 1 saturated heterocycles. The van der Waals surface area contributed by atoms with Crippen molar-refractivity contribution >= 4 is 22.5 Å². The highest BCUT2D eigenvalue weighted by molar-refractivity contribution is 5.95. The molecule has 0 unspecified atom stereocenters. The van der Waals surface area contributed by atoms with E-state index in [1.165, 1.54) is 4.90 Å². The highest BCUT2D eigenvalue weighted by atomic mass is 19.4. The fourth-order valence-corrected chi connectivity index (χ4v) is 5.02. The highest BCUT2D eigenvalue weighted by Gasteiger charge is 2.40. The van der Waals surface area contributed by atoms with Gasteiger partial charge in [0, 0.05) is 43.5 Å². The molecule has 1 amide bonds. The molecular weight excluding hydrogens is 485 g/mol. The summed E-state index contributed by atoms with van der Waals surface area (Å²) < 4.78 is 68.7. The first kappa shape index (κ1) is 23.9. The van der Waals surface area contributed by atoms with E-state index in [0.29, 0.717) is 37.3 Å². The van der Waals surface area contributed by atoms with Crippen molar-refractivity contribution in [2.75, 3.05) is 24.5 Å². The first-order valence-corrected chi connectivity index (χ1v) is 11.3. The second-order valence-corrected chi connectivity index (χ2v) is 8.93. The molecule has 0 saturated carbocycles. The fourth-order valence-electron chi connectivity index (χ4n) is 5.02. The predicted molar refractivity (Wildman–Crippen MR) is 116 cm³/mol. The third kappa shape index (κ3) is 4.00. The van der Waals surface area contributed by atoms with E-state index in [9.17, 15) is 32.0 Å². The van der Waals surface area contributed by atoms with Gasteiger partial charge in [-0.15, -0.1) is 10.2 Å². The molecule has 0 bridgehead atoms. The largest absolute Gasteiger partial charge is 0.451 e. The Morgan fingerprint density at radius 3 is 2.50 bits per heavy atom. The van der Waals surface area contributed by atoms with Crippen LogP contribution >= 0.6 is 0 Å². The van der Waals surface area contributed by atoms with E-state index in [4.69, 9.17) is 0 Å². The van der Waals surface area contributed by atoms with Crippen molar-refractivity contribution in [3.05, 3.63) is 46.7 Å². The SMILES string of the molecule is Cc1nc2c(F)cc(F)cc2c(N2CCC(C(=O)N3CCn4c(nnc4C(F)(F)F)C3)CC2)c1C#N. The molecule has 13 heteroatoms. The number of aromatic nitrogens is 4. The molecule has 0 N–H and O–H groups in total.